The molecule has 0 radical (unpaired) electrons. The lowest BCUT2D eigenvalue weighted by Gasteiger charge is -2.47. The summed E-state index contributed by atoms with van der Waals surface area (Å²) in [5.41, 5.74) is 5.67. The van der Waals surface area contributed by atoms with Gasteiger partial charge in [0.1, 0.15) is 6.29 Å². The maximum Gasteiger partial charge on any atom is 0.317 e. The lowest BCUT2D eigenvalue weighted by molar-refractivity contribution is 0.0978. The minimum Gasteiger partial charge on any atom is -0.358 e. The van der Waals surface area contributed by atoms with Gasteiger partial charge in [-0.3, -0.25) is 9.69 Å². The van der Waals surface area contributed by atoms with Crippen LogP contribution in [-0.2, 0) is 6.42 Å². The predicted octanol–water partition coefficient (Wildman–Crippen LogP) is 3.83. The van der Waals surface area contributed by atoms with Gasteiger partial charge in [0.05, 0.1) is 0 Å². The summed E-state index contributed by atoms with van der Waals surface area (Å²) in [6.45, 7) is 11.7. The molecule has 6 heteroatoms. The number of fused-ring (bicyclic) bond motifs is 2. The Bertz CT molecular complexity index is 946. The monoisotopic (exact) mass is 410 g/mol. The van der Waals surface area contributed by atoms with E-state index in [1.54, 1.807) is 0 Å². The van der Waals surface area contributed by atoms with Crippen molar-refractivity contribution < 1.29 is 9.59 Å². The molecule has 2 aromatic rings. The van der Waals surface area contributed by atoms with Crippen LogP contribution in [0.15, 0.2) is 12.1 Å². The summed E-state index contributed by atoms with van der Waals surface area (Å²) >= 11 is 0. The van der Waals surface area contributed by atoms with Crippen molar-refractivity contribution in [2.45, 2.75) is 65.0 Å². The second-order valence-corrected chi connectivity index (χ2v) is 8.81. The number of aryl methyl sites for hydroxylation is 1. The number of aromatic amines is 1. The van der Waals surface area contributed by atoms with E-state index in [9.17, 15) is 9.59 Å². The molecule has 2 N–H and O–H groups in total. The molecule has 2 aliphatic rings. The van der Waals surface area contributed by atoms with E-state index in [0.717, 1.165) is 49.7 Å². The molecular formula is C24H34N4O2. The molecule has 0 bridgehead atoms. The Morgan fingerprint density at radius 1 is 1.30 bits per heavy atom. The first kappa shape index (κ1) is 20.9. The van der Waals surface area contributed by atoms with Gasteiger partial charge in [-0.1, -0.05) is 6.92 Å². The van der Waals surface area contributed by atoms with Gasteiger partial charge in [0, 0.05) is 59.8 Å². The topological polar surface area (TPSA) is 68.4 Å². The Morgan fingerprint density at radius 2 is 2.07 bits per heavy atom. The highest BCUT2D eigenvalue weighted by molar-refractivity contribution is 5.94. The average molecular weight is 411 g/mol. The first-order chi connectivity index (χ1) is 14.5. The van der Waals surface area contributed by atoms with Gasteiger partial charge in [0.2, 0.25) is 0 Å². The van der Waals surface area contributed by atoms with Gasteiger partial charge in [-0.25, -0.2) is 4.79 Å². The van der Waals surface area contributed by atoms with Crippen LogP contribution in [0, 0.1) is 6.92 Å². The van der Waals surface area contributed by atoms with Crippen LogP contribution in [0.1, 0.15) is 66.7 Å². The number of rotatable bonds is 6. The fourth-order valence-corrected chi connectivity index (χ4v) is 5.66. The zero-order chi connectivity index (χ0) is 21.4. The molecule has 1 saturated heterocycles. The number of piperidine rings is 1. The molecule has 2 amide bonds. The highest BCUT2D eigenvalue weighted by Crippen LogP contribution is 2.45. The number of benzene rings is 1. The van der Waals surface area contributed by atoms with Gasteiger partial charge < -0.3 is 15.2 Å². The minimum absolute atomic E-state index is 0.0284. The van der Waals surface area contributed by atoms with Crippen molar-refractivity contribution >= 4 is 23.2 Å². The molecule has 4 rings (SSSR count). The number of urea groups is 1. The molecule has 3 atom stereocenters. The Balaban J connectivity index is 1.71. The SMILES string of the molecule is CCCN1C[C@@H](NC(=O)N(CC)CC)C[C@@H]2c3cc(C=O)cc4[nH]c(C)c(c34)C[C@H]21. The van der Waals surface area contributed by atoms with Gasteiger partial charge in [-0.05, 0) is 69.8 Å². The van der Waals surface area contributed by atoms with Gasteiger partial charge in [-0.2, -0.15) is 0 Å². The van der Waals surface area contributed by atoms with Crippen molar-refractivity contribution in [2.75, 3.05) is 26.2 Å². The number of likely N-dealkylation sites (tertiary alicyclic amines) is 1. The summed E-state index contributed by atoms with van der Waals surface area (Å²) in [4.78, 5) is 32.3. The first-order valence-corrected chi connectivity index (χ1v) is 11.4. The normalized spacial score (nSPS) is 23.3. The van der Waals surface area contributed by atoms with Crippen molar-refractivity contribution in [3.05, 3.63) is 34.5 Å². The Labute approximate surface area is 179 Å². The van der Waals surface area contributed by atoms with E-state index >= 15 is 0 Å². The highest BCUT2D eigenvalue weighted by Gasteiger charge is 2.41. The Hall–Kier alpha value is -2.34. The van der Waals surface area contributed by atoms with Gasteiger partial charge in [-0.15, -0.1) is 0 Å². The number of hydrogen-bond donors (Lipinski definition) is 2. The van der Waals surface area contributed by atoms with E-state index < -0.39 is 0 Å². The molecule has 162 valence electrons. The van der Waals surface area contributed by atoms with E-state index in [0.29, 0.717) is 25.0 Å². The Kier molecular flexibility index (Phi) is 5.87. The summed E-state index contributed by atoms with van der Waals surface area (Å²) < 4.78 is 0. The molecule has 1 aromatic carbocycles. The third kappa shape index (κ3) is 3.51. The molecule has 0 unspecified atom stereocenters. The van der Waals surface area contributed by atoms with Crippen molar-refractivity contribution in [1.82, 2.24) is 20.1 Å². The number of carbonyl (C=O) groups is 2. The molecular weight excluding hydrogens is 376 g/mol. The number of nitrogens with zero attached hydrogens (tertiary/aromatic N) is 2. The number of hydrogen-bond acceptors (Lipinski definition) is 3. The second kappa shape index (κ2) is 8.42. The van der Waals surface area contributed by atoms with Crippen LogP contribution in [0.5, 0.6) is 0 Å². The van der Waals surface area contributed by atoms with Gasteiger partial charge in [0.15, 0.2) is 0 Å². The molecule has 6 nitrogen and oxygen atoms in total. The fourth-order valence-electron chi connectivity index (χ4n) is 5.66. The van der Waals surface area contributed by atoms with Crippen LogP contribution in [0.25, 0.3) is 10.9 Å². The number of carbonyl (C=O) groups excluding carboxylic acids is 2. The maximum atomic E-state index is 12.7. The molecule has 2 heterocycles. The van der Waals surface area contributed by atoms with Crippen molar-refractivity contribution in [3.8, 4) is 0 Å². The summed E-state index contributed by atoms with van der Waals surface area (Å²) in [6.07, 6.45) is 3.98. The van der Waals surface area contributed by atoms with Crippen LogP contribution in [0.3, 0.4) is 0 Å². The van der Waals surface area contributed by atoms with Gasteiger partial charge >= 0.3 is 6.03 Å². The zero-order valence-corrected chi connectivity index (χ0v) is 18.6. The third-order valence-electron chi connectivity index (χ3n) is 7.03. The lowest BCUT2D eigenvalue weighted by Crippen LogP contribution is -2.58. The summed E-state index contributed by atoms with van der Waals surface area (Å²) in [7, 11) is 0. The number of aromatic nitrogens is 1. The van der Waals surface area contributed by atoms with Crippen molar-refractivity contribution in [3.63, 3.8) is 0 Å². The standard InChI is InChI=1S/C24H34N4O2/c1-5-8-28-13-17(26-24(30)27(6-2)7-3)11-19-20-9-16(14-29)10-21-23(20)18(12-22(19)28)15(4)25-21/h9-10,14,17,19,22,25H,5-8,11-13H2,1-4H3,(H,26,30)/t17-,19+,22+/m0/s1. The smallest absolute Gasteiger partial charge is 0.317 e. The van der Waals surface area contributed by atoms with E-state index in [4.69, 9.17) is 0 Å². The second-order valence-electron chi connectivity index (χ2n) is 8.81. The summed E-state index contributed by atoms with van der Waals surface area (Å²) in [6, 6.07) is 4.61. The first-order valence-electron chi connectivity index (χ1n) is 11.4. The van der Waals surface area contributed by atoms with Crippen LogP contribution >= 0.6 is 0 Å². The molecule has 0 spiro atoms. The maximum absolute atomic E-state index is 12.7. The molecule has 0 saturated carbocycles. The number of nitrogens with one attached hydrogen (secondary N) is 2. The fraction of sp³-hybridized carbons (Fsp3) is 0.583. The largest absolute Gasteiger partial charge is 0.358 e. The summed E-state index contributed by atoms with van der Waals surface area (Å²) in [5, 5.41) is 4.60. The summed E-state index contributed by atoms with van der Waals surface area (Å²) in [5.74, 6) is 0.317. The quantitative estimate of drug-likeness (QED) is 0.711. The molecule has 1 aliphatic heterocycles. The van der Waals surface area contributed by atoms with E-state index in [2.05, 4.69) is 35.1 Å². The van der Waals surface area contributed by atoms with E-state index in [1.807, 2.05) is 24.8 Å². The van der Waals surface area contributed by atoms with Crippen LogP contribution in [0.4, 0.5) is 4.79 Å². The highest BCUT2D eigenvalue weighted by atomic mass is 16.2. The molecule has 1 aromatic heterocycles. The zero-order valence-electron chi connectivity index (χ0n) is 18.6. The van der Waals surface area contributed by atoms with Crippen LogP contribution in [0.2, 0.25) is 0 Å². The molecule has 1 aliphatic carbocycles. The van der Waals surface area contributed by atoms with Crippen molar-refractivity contribution in [2.24, 2.45) is 0 Å². The Morgan fingerprint density at radius 3 is 2.73 bits per heavy atom. The van der Waals surface area contributed by atoms with E-state index in [1.165, 1.54) is 22.2 Å². The average Bonchev–Trinajstić information content (AvgIpc) is 3.05. The minimum atomic E-state index is 0.0284. The third-order valence-corrected chi connectivity index (χ3v) is 7.03. The number of aldehydes is 1. The lowest BCUT2D eigenvalue weighted by atomic mass is 9.73. The molecule has 30 heavy (non-hydrogen) atoms. The number of amides is 2. The van der Waals surface area contributed by atoms with Crippen molar-refractivity contribution in [1.29, 1.82) is 0 Å². The van der Waals surface area contributed by atoms with Crippen LogP contribution < -0.4 is 5.32 Å². The predicted molar refractivity (Wildman–Crippen MR) is 120 cm³/mol. The molecule has 1 fully saturated rings. The van der Waals surface area contributed by atoms with Crippen LogP contribution in [-0.4, -0.2) is 65.4 Å². The number of H-pyrrole nitrogens is 1. The van der Waals surface area contributed by atoms with E-state index in [-0.39, 0.29) is 12.1 Å². The van der Waals surface area contributed by atoms with Gasteiger partial charge in [0.25, 0.3) is 0 Å².